The van der Waals surface area contributed by atoms with E-state index in [4.69, 9.17) is 15.0 Å². The molecule has 39 heavy (non-hydrogen) atoms. The highest BCUT2D eigenvalue weighted by Crippen LogP contribution is 2.45. The van der Waals surface area contributed by atoms with Gasteiger partial charge in [0.05, 0.1) is 21.6 Å². The standard InChI is InChI=1S/C31H18N4O2S2/c36-39(37)26-13-7-12-22-23-18-21(14-15-24(23)35(27(22)26)25-16-17-38-31(25)39)30-33-28(19-8-3-1-4-9-19)32-29(34-30)20-10-5-2-6-11-20/h1-18H. The average Bonchev–Trinajstić information content (AvgIpc) is 3.61. The Morgan fingerprint density at radius 3 is 1.92 bits per heavy atom. The van der Waals surface area contributed by atoms with Crippen LogP contribution < -0.4 is 0 Å². The van der Waals surface area contributed by atoms with Crippen LogP contribution in [0.4, 0.5) is 0 Å². The molecular formula is C31H18N4O2S2. The topological polar surface area (TPSA) is 77.7 Å². The lowest BCUT2D eigenvalue weighted by molar-refractivity contribution is 0.597. The van der Waals surface area contributed by atoms with E-state index in [-0.39, 0.29) is 0 Å². The van der Waals surface area contributed by atoms with Gasteiger partial charge in [0.1, 0.15) is 4.21 Å². The van der Waals surface area contributed by atoms with Crippen LogP contribution in [-0.2, 0) is 9.84 Å². The molecule has 0 fully saturated rings. The summed E-state index contributed by atoms with van der Waals surface area (Å²) in [6.07, 6.45) is 0. The largest absolute Gasteiger partial charge is 0.306 e. The van der Waals surface area contributed by atoms with E-state index in [0.717, 1.165) is 33.0 Å². The van der Waals surface area contributed by atoms with Gasteiger partial charge in [-0.15, -0.1) is 11.3 Å². The van der Waals surface area contributed by atoms with Crippen LogP contribution in [0.3, 0.4) is 0 Å². The third kappa shape index (κ3) is 3.25. The summed E-state index contributed by atoms with van der Waals surface area (Å²) in [6.45, 7) is 0. The van der Waals surface area contributed by atoms with Gasteiger partial charge >= 0.3 is 0 Å². The zero-order valence-corrected chi connectivity index (χ0v) is 21.9. The lowest BCUT2D eigenvalue weighted by Gasteiger charge is -2.17. The smallest absolute Gasteiger partial charge is 0.220 e. The Kier molecular flexibility index (Phi) is 4.68. The summed E-state index contributed by atoms with van der Waals surface area (Å²) < 4.78 is 29.3. The summed E-state index contributed by atoms with van der Waals surface area (Å²) in [5, 5.41) is 3.66. The molecule has 8 rings (SSSR count). The van der Waals surface area contributed by atoms with Gasteiger partial charge in [-0.05, 0) is 35.7 Å². The molecule has 7 aromatic rings. The number of rotatable bonds is 3. The van der Waals surface area contributed by atoms with Gasteiger partial charge in [-0.1, -0.05) is 72.8 Å². The normalized spacial score (nSPS) is 13.5. The van der Waals surface area contributed by atoms with Gasteiger partial charge in [0.15, 0.2) is 17.5 Å². The summed E-state index contributed by atoms with van der Waals surface area (Å²) in [6, 6.07) is 33.2. The molecule has 0 saturated carbocycles. The Labute approximate surface area is 227 Å². The van der Waals surface area contributed by atoms with Crippen molar-refractivity contribution in [1.82, 2.24) is 19.5 Å². The van der Waals surface area contributed by atoms with Crippen molar-refractivity contribution in [3.63, 3.8) is 0 Å². The molecule has 0 amide bonds. The number of sulfone groups is 1. The molecule has 0 aliphatic carbocycles. The van der Waals surface area contributed by atoms with Gasteiger partial charge < -0.3 is 4.57 Å². The van der Waals surface area contributed by atoms with Crippen molar-refractivity contribution in [2.45, 2.75) is 9.10 Å². The molecule has 0 saturated heterocycles. The van der Waals surface area contributed by atoms with Gasteiger partial charge in [-0.2, -0.15) is 0 Å². The second-order valence-corrected chi connectivity index (χ2v) is 12.4. The highest BCUT2D eigenvalue weighted by Gasteiger charge is 2.34. The van der Waals surface area contributed by atoms with Crippen molar-refractivity contribution in [3.8, 4) is 39.9 Å². The van der Waals surface area contributed by atoms with E-state index in [0.29, 0.717) is 37.8 Å². The fraction of sp³-hybridized carbons (Fsp3) is 0. The van der Waals surface area contributed by atoms with Gasteiger partial charge in [0, 0.05) is 27.5 Å². The molecule has 8 heteroatoms. The van der Waals surface area contributed by atoms with Gasteiger partial charge in [0.2, 0.25) is 9.84 Å². The second-order valence-electron chi connectivity index (χ2n) is 9.35. The fourth-order valence-corrected chi connectivity index (χ4v) is 8.23. The van der Waals surface area contributed by atoms with E-state index in [1.54, 1.807) is 6.07 Å². The first kappa shape index (κ1) is 22.3. The van der Waals surface area contributed by atoms with E-state index < -0.39 is 9.84 Å². The second kappa shape index (κ2) is 8.17. The number of aromatic nitrogens is 4. The van der Waals surface area contributed by atoms with E-state index in [2.05, 4.69) is 10.6 Å². The van der Waals surface area contributed by atoms with Crippen molar-refractivity contribution in [1.29, 1.82) is 0 Å². The highest BCUT2D eigenvalue weighted by atomic mass is 32.2. The summed E-state index contributed by atoms with van der Waals surface area (Å²) in [4.78, 5) is 14.9. The van der Waals surface area contributed by atoms with Crippen LogP contribution in [0.15, 0.2) is 118 Å². The first-order valence-electron chi connectivity index (χ1n) is 12.4. The third-order valence-electron chi connectivity index (χ3n) is 7.09. The van der Waals surface area contributed by atoms with Gasteiger partial charge in [0.25, 0.3) is 0 Å². The molecule has 0 spiro atoms. The molecule has 0 atom stereocenters. The first-order valence-corrected chi connectivity index (χ1v) is 14.7. The Hall–Kier alpha value is -4.66. The monoisotopic (exact) mass is 542 g/mol. The third-order valence-corrected chi connectivity index (χ3v) is 10.3. The SMILES string of the molecule is O=S1(=O)c2sccc2-n2c3ccc(-c4nc(-c5ccccc5)nc(-c5ccccc5)n4)cc3c3cccc1c32. The van der Waals surface area contributed by atoms with Crippen LogP contribution in [0.1, 0.15) is 0 Å². The van der Waals surface area contributed by atoms with Crippen LogP contribution in [0, 0.1) is 0 Å². The molecule has 0 radical (unpaired) electrons. The van der Waals surface area contributed by atoms with E-state index in [9.17, 15) is 8.42 Å². The lowest BCUT2D eigenvalue weighted by atomic mass is 10.1. The van der Waals surface area contributed by atoms with Crippen LogP contribution in [0.5, 0.6) is 0 Å². The van der Waals surface area contributed by atoms with E-state index in [1.807, 2.05) is 96.4 Å². The first-order chi connectivity index (χ1) is 19.1. The van der Waals surface area contributed by atoms with Crippen LogP contribution >= 0.6 is 11.3 Å². The molecule has 0 bridgehead atoms. The maximum atomic E-state index is 13.4. The van der Waals surface area contributed by atoms with Crippen molar-refractivity contribution in [2.75, 3.05) is 0 Å². The summed E-state index contributed by atoms with van der Waals surface area (Å²) in [5.74, 6) is 1.74. The Morgan fingerprint density at radius 2 is 1.26 bits per heavy atom. The summed E-state index contributed by atoms with van der Waals surface area (Å²) in [7, 11) is -3.58. The number of thiophene rings is 1. The molecule has 4 aromatic carbocycles. The number of benzene rings is 4. The van der Waals surface area contributed by atoms with E-state index in [1.165, 1.54) is 11.3 Å². The summed E-state index contributed by atoms with van der Waals surface area (Å²) >= 11 is 1.26. The number of hydrogen-bond donors (Lipinski definition) is 0. The predicted molar refractivity (Wildman–Crippen MR) is 154 cm³/mol. The summed E-state index contributed by atoms with van der Waals surface area (Å²) in [5.41, 5.74) is 4.99. The zero-order chi connectivity index (χ0) is 26.1. The quantitative estimate of drug-likeness (QED) is 0.236. The number of nitrogens with zero attached hydrogens (tertiary/aromatic N) is 4. The van der Waals surface area contributed by atoms with Crippen molar-refractivity contribution in [2.24, 2.45) is 0 Å². The highest BCUT2D eigenvalue weighted by molar-refractivity contribution is 7.94. The zero-order valence-electron chi connectivity index (χ0n) is 20.3. The lowest BCUT2D eigenvalue weighted by Crippen LogP contribution is -2.11. The maximum Gasteiger partial charge on any atom is 0.220 e. The molecule has 0 unspecified atom stereocenters. The molecule has 3 aromatic heterocycles. The minimum Gasteiger partial charge on any atom is -0.306 e. The van der Waals surface area contributed by atoms with Gasteiger partial charge in [-0.25, -0.2) is 23.4 Å². The number of hydrogen-bond acceptors (Lipinski definition) is 6. The number of para-hydroxylation sites is 1. The number of fused-ring (bicyclic) bond motifs is 5. The molecule has 0 N–H and O–H groups in total. The fourth-order valence-electron chi connectivity index (χ4n) is 5.34. The Balaban J connectivity index is 1.40. The Morgan fingerprint density at radius 1 is 0.615 bits per heavy atom. The molecule has 4 heterocycles. The predicted octanol–water partition coefficient (Wildman–Crippen LogP) is 7.18. The minimum absolute atomic E-state index is 0.339. The minimum atomic E-state index is -3.58. The van der Waals surface area contributed by atoms with E-state index >= 15 is 0 Å². The van der Waals surface area contributed by atoms with Crippen LogP contribution in [0.2, 0.25) is 0 Å². The molecule has 1 aliphatic rings. The maximum absolute atomic E-state index is 13.4. The van der Waals surface area contributed by atoms with Crippen molar-refractivity contribution >= 4 is 43.0 Å². The average molecular weight is 543 g/mol. The molecular weight excluding hydrogens is 525 g/mol. The van der Waals surface area contributed by atoms with Gasteiger partial charge in [-0.3, -0.25) is 0 Å². The van der Waals surface area contributed by atoms with Crippen molar-refractivity contribution < 1.29 is 8.42 Å². The van der Waals surface area contributed by atoms with Crippen molar-refractivity contribution in [3.05, 3.63) is 109 Å². The van der Waals surface area contributed by atoms with Crippen LogP contribution in [0.25, 0.3) is 61.7 Å². The molecule has 186 valence electrons. The van der Waals surface area contributed by atoms with Crippen LogP contribution in [-0.4, -0.2) is 27.9 Å². The molecule has 1 aliphatic heterocycles. The molecule has 6 nitrogen and oxygen atoms in total. The Bertz CT molecular complexity index is 2130.